The fourth-order valence-electron chi connectivity index (χ4n) is 1.24. The number of anilines is 1. The van der Waals surface area contributed by atoms with Crippen molar-refractivity contribution >= 4 is 11.6 Å². The number of nitrogens with one attached hydrogen (secondary N) is 1. The van der Waals surface area contributed by atoms with Crippen LogP contribution in [-0.2, 0) is 6.54 Å². The topological polar surface area (TPSA) is 113 Å². The minimum absolute atomic E-state index is 0.0972. The largest absolute Gasteiger partial charge is 0.396 e. The van der Waals surface area contributed by atoms with Crippen molar-refractivity contribution in [2.24, 2.45) is 0 Å². The highest BCUT2D eigenvalue weighted by atomic mass is 16.3. The lowest BCUT2D eigenvalue weighted by atomic mass is 10.1. The second-order valence-electron chi connectivity index (χ2n) is 4.12. The van der Waals surface area contributed by atoms with Crippen LogP contribution in [0.25, 0.3) is 0 Å². The number of carbonyl (C=O) groups is 1. The van der Waals surface area contributed by atoms with Crippen molar-refractivity contribution in [2.75, 3.05) is 18.9 Å². The van der Waals surface area contributed by atoms with Crippen LogP contribution in [0.1, 0.15) is 24.3 Å². The Hall–Kier alpha value is -1.60. The Balaban J connectivity index is 2.86. The molecule has 0 aliphatic heterocycles. The van der Waals surface area contributed by atoms with E-state index in [-0.39, 0.29) is 24.6 Å². The van der Waals surface area contributed by atoms with Crippen LogP contribution in [0.3, 0.4) is 0 Å². The Morgan fingerprint density at radius 3 is 2.59 bits per heavy atom. The Morgan fingerprint density at radius 2 is 2.18 bits per heavy atom. The Kier molecular flexibility index (Phi) is 4.08. The van der Waals surface area contributed by atoms with E-state index in [0.29, 0.717) is 6.54 Å². The number of aryl methyl sites for hydroxylation is 1. The van der Waals surface area contributed by atoms with Gasteiger partial charge in [-0.25, -0.2) is 0 Å². The van der Waals surface area contributed by atoms with Crippen molar-refractivity contribution in [3.8, 4) is 0 Å². The molecule has 1 aromatic rings. The summed E-state index contributed by atoms with van der Waals surface area (Å²) in [6.45, 7) is 3.26. The molecule has 0 radical (unpaired) electrons. The third kappa shape index (κ3) is 2.95. The SMILES string of the molecule is CCn1cc(N)c(C(=O)NC(C)(CO)CO)n1. The molecule has 0 aromatic carbocycles. The number of rotatable bonds is 5. The molecular weight excluding hydrogens is 224 g/mol. The number of nitrogen functional groups attached to an aromatic ring is 1. The first-order valence-corrected chi connectivity index (χ1v) is 5.33. The van der Waals surface area contributed by atoms with Gasteiger partial charge in [-0.05, 0) is 13.8 Å². The molecule has 96 valence electrons. The molecule has 0 saturated heterocycles. The Bertz CT molecular complexity index is 398. The number of carbonyl (C=O) groups excluding carboxylic acids is 1. The molecule has 7 heteroatoms. The molecular formula is C10H18N4O3. The van der Waals surface area contributed by atoms with Crippen LogP contribution < -0.4 is 11.1 Å². The van der Waals surface area contributed by atoms with Gasteiger partial charge in [0.1, 0.15) is 0 Å². The van der Waals surface area contributed by atoms with Gasteiger partial charge < -0.3 is 21.3 Å². The normalized spacial score (nSPS) is 11.5. The van der Waals surface area contributed by atoms with Crippen molar-refractivity contribution in [3.63, 3.8) is 0 Å². The molecule has 0 aliphatic rings. The lowest BCUT2D eigenvalue weighted by Crippen LogP contribution is -2.52. The summed E-state index contributed by atoms with van der Waals surface area (Å²) < 4.78 is 1.54. The highest BCUT2D eigenvalue weighted by Gasteiger charge is 2.27. The zero-order valence-electron chi connectivity index (χ0n) is 9.97. The van der Waals surface area contributed by atoms with Crippen molar-refractivity contribution in [2.45, 2.75) is 25.9 Å². The van der Waals surface area contributed by atoms with Gasteiger partial charge in [-0.2, -0.15) is 5.10 Å². The number of aliphatic hydroxyl groups is 2. The maximum atomic E-state index is 11.8. The van der Waals surface area contributed by atoms with Gasteiger partial charge in [0.05, 0.1) is 24.4 Å². The number of nitrogens with two attached hydrogens (primary N) is 1. The van der Waals surface area contributed by atoms with Gasteiger partial charge in [0.15, 0.2) is 5.69 Å². The first kappa shape index (κ1) is 13.5. The third-order valence-corrected chi connectivity index (χ3v) is 2.44. The van der Waals surface area contributed by atoms with Gasteiger partial charge >= 0.3 is 0 Å². The average Bonchev–Trinajstić information content (AvgIpc) is 2.70. The molecule has 17 heavy (non-hydrogen) atoms. The summed E-state index contributed by atoms with van der Waals surface area (Å²) in [5.41, 5.74) is 4.93. The number of aromatic nitrogens is 2. The van der Waals surface area contributed by atoms with E-state index in [2.05, 4.69) is 10.4 Å². The lowest BCUT2D eigenvalue weighted by Gasteiger charge is -2.25. The first-order chi connectivity index (χ1) is 7.95. The van der Waals surface area contributed by atoms with Crippen molar-refractivity contribution in [1.82, 2.24) is 15.1 Å². The summed E-state index contributed by atoms with van der Waals surface area (Å²) in [5, 5.41) is 24.6. The van der Waals surface area contributed by atoms with Crippen LogP contribution in [0.15, 0.2) is 6.20 Å². The molecule has 1 heterocycles. The van der Waals surface area contributed by atoms with Crippen LogP contribution in [0, 0.1) is 0 Å². The molecule has 0 unspecified atom stereocenters. The zero-order valence-corrected chi connectivity index (χ0v) is 9.97. The predicted octanol–water partition coefficient (Wildman–Crippen LogP) is -1.04. The van der Waals surface area contributed by atoms with E-state index in [1.807, 2.05) is 6.92 Å². The van der Waals surface area contributed by atoms with Crippen LogP contribution >= 0.6 is 0 Å². The van der Waals surface area contributed by atoms with E-state index in [0.717, 1.165) is 0 Å². The summed E-state index contributed by atoms with van der Waals surface area (Å²) in [7, 11) is 0. The molecule has 0 aliphatic carbocycles. The highest BCUT2D eigenvalue weighted by Crippen LogP contribution is 2.11. The van der Waals surface area contributed by atoms with Crippen LogP contribution in [0.5, 0.6) is 0 Å². The standard InChI is InChI=1S/C10H18N4O3/c1-3-14-4-7(11)8(13-14)9(17)12-10(2,5-15)6-16/h4,15-16H,3,5-6,11H2,1-2H3,(H,12,17). The molecule has 0 saturated carbocycles. The molecule has 0 fully saturated rings. The summed E-state index contributed by atoms with van der Waals surface area (Å²) in [6, 6.07) is 0. The first-order valence-electron chi connectivity index (χ1n) is 5.33. The maximum absolute atomic E-state index is 11.8. The number of hydrogen-bond donors (Lipinski definition) is 4. The fourth-order valence-corrected chi connectivity index (χ4v) is 1.24. The zero-order chi connectivity index (χ0) is 13.1. The summed E-state index contributed by atoms with van der Waals surface area (Å²) in [4.78, 5) is 11.8. The molecule has 0 atom stereocenters. The van der Waals surface area contributed by atoms with Gasteiger partial charge in [0.2, 0.25) is 0 Å². The number of amides is 1. The molecule has 1 aromatic heterocycles. The van der Waals surface area contributed by atoms with Gasteiger partial charge in [0.25, 0.3) is 5.91 Å². The van der Waals surface area contributed by atoms with E-state index >= 15 is 0 Å². The number of aliphatic hydroxyl groups excluding tert-OH is 2. The van der Waals surface area contributed by atoms with E-state index in [1.165, 1.54) is 6.92 Å². The monoisotopic (exact) mass is 242 g/mol. The molecule has 1 amide bonds. The molecule has 5 N–H and O–H groups in total. The quantitative estimate of drug-likeness (QED) is 0.526. The van der Waals surface area contributed by atoms with E-state index < -0.39 is 11.4 Å². The van der Waals surface area contributed by atoms with Crippen molar-refractivity contribution < 1.29 is 15.0 Å². The molecule has 0 spiro atoms. The molecule has 0 bridgehead atoms. The third-order valence-electron chi connectivity index (χ3n) is 2.44. The average molecular weight is 242 g/mol. The van der Waals surface area contributed by atoms with Crippen LogP contribution in [0.4, 0.5) is 5.69 Å². The second-order valence-corrected chi connectivity index (χ2v) is 4.12. The van der Waals surface area contributed by atoms with Gasteiger partial charge in [0, 0.05) is 12.7 Å². The Morgan fingerprint density at radius 1 is 1.59 bits per heavy atom. The Labute approximate surface area is 99.2 Å². The fraction of sp³-hybridized carbons (Fsp3) is 0.600. The van der Waals surface area contributed by atoms with E-state index in [1.54, 1.807) is 10.9 Å². The number of hydrogen-bond acceptors (Lipinski definition) is 5. The van der Waals surface area contributed by atoms with Crippen LogP contribution in [-0.4, -0.2) is 44.7 Å². The summed E-state index contributed by atoms with van der Waals surface area (Å²) in [6.07, 6.45) is 1.56. The minimum Gasteiger partial charge on any atom is -0.396 e. The van der Waals surface area contributed by atoms with E-state index in [9.17, 15) is 4.79 Å². The second kappa shape index (κ2) is 5.15. The number of nitrogens with zero attached hydrogens (tertiary/aromatic N) is 2. The smallest absolute Gasteiger partial charge is 0.274 e. The maximum Gasteiger partial charge on any atom is 0.274 e. The van der Waals surface area contributed by atoms with Gasteiger partial charge in [-0.1, -0.05) is 0 Å². The molecule has 7 nitrogen and oxygen atoms in total. The predicted molar refractivity (Wildman–Crippen MR) is 62.4 cm³/mol. The lowest BCUT2D eigenvalue weighted by molar-refractivity contribution is 0.0719. The van der Waals surface area contributed by atoms with Gasteiger partial charge in [-0.3, -0.25) is 9.48 Å². The molecule has 1 rings (SSSR count). The van der Waals surface area contributed by atoms with E-state index in [4.69, 9.17) is 15.9 Å². The minimum atomic E-state index is -1.08. The highest BCUT2D eigenvalue weighted by molar-refractivity contribution is 5.97. The summed E-state index contributed by atoms with van der Waals surface area (Å²) in [5.74, 6) is -0.514. The van der Waals surface area contributed by atoms with Crippen LogP contribution in [0.2, 0.25) is 0 Å². The van der Waals surface area contributed by atoms with Crippen molar-refractivity contribution in [1.29, 1.82) is 0 Å². The van der Waals surface area contributed by atoms with Crippen molar-refractivity contribution in [3.05, 3.63) is 11.9 Å². The van der Waals surface area contributed by atoms with Gasteiger partial charge in [-0.15, -0.1) is 0 Å². The summed E-state index contributed by atoms with van der Waals surface area (Å²) >= 11 is 0.